The second-order valence-electron chi connectivity index (χ2n) is 6.48. The molecule has 0 aliphatic heterocycles. The third-order valence-corrected chi connectivity index (χ3v) is 4.11. The third kappa shape index (κ3) is 5.10. The fraction of sp³-hybridized carbons (Fsp3) is 0.238. The number of hydrogen-bond acceptors (Lipinski definition) is 5. The second kappa shape index (κ2) is 8.30. The van der Waals surface area contributed by atoms with Crippen LogP contribution in [0.25, 0.3) is 17.1 Å². The van der Waals surface area contributed by atoms with E-state index in [2.05, 4.69) is 14.8 Å². The van der Waals surface area contributed by atoms with Crippen LogP contribution in [0.4, 0.5) is 8.78 Å². The number of benzene rings is 2. The fourth-order valence-corrected chi connectivity index (χ4v) is 2.66. The highest BCUT2D eigenvalue weighted by atomic mass is 19.3. The Morgan fingerprint density at radius 2 is 1.79 bits per heavy atom. The molecular formula is C21H19F2N3O3. The first-order valence-electron chi connectivity index (χ1n) is 8.99. The quantitative estimate of drug-likeness (QED) is 0.529. The molecule has 0 N–H and O–H groups in total. The van der Waals surface area contributed by atoms with Gasteiger partial charge in [-0.2, -0.15) is 8.78 Å². The van der Waals surface area contributed by atoms with Gasteiger partial charge in [-0.25, -0.2) is 9.67 Å². The number of hydrogen-bond donors (Lipinski definition) is 0. The van der Waals surface area contributed by atoms with E-state index in [0.29, 0.717) is 41.8 Å². The topological polar surface area (TPSA) is 74.1 Å². The largest absolute Gasteiger partial charge is 0.433 e. The van der Waals surface area contributed by atoms with Crippen molar-refractivity contribution in [1.82, 2.24) is 14.8 Å². The molecule has 2 aromatic carbocycles. The van der Waals surface area contributed by atoms with Crippen LogP contribution in [0.5, 0.6) is 5.75 Å². The van der Waals surface area contributed by atoms with Crippen molar-refractivity contribution in [3.63, 3.8) is 0 Å². The summed E-state index contributed by atoms with van der Waals surface area (Å²) in [5, 5.41) is 4.47. The minimum atomic E-state index is -3.28. The first-order valence-corrected chi connectivity index (χ1v) is 8.99. The summed E-state index contributed by atoms with van der Waals surface area (Å²) in [4.78, 5) is 27.3. The highest BCUT2D eigenvalue weighted by Crippen LogP contribution is 2.24. The zero-order chi connectivity index (χ0) is 21.0. The molecule has 0 spiro atoms. The molecule has 3 aromatic rings. The molecule has 3 rings (SSSR count). The van der Waals surface area contributed by atoms with Gasteiger partial charge >= 0.3 is 6.11 Å². The number of ketones is 1. The summed E-state index contributed by atoms with van der Waals surface area (Å²) < 4.78 is 32.1. The molecule has 0 amide bonds. The summed E-state index contributed by atoms with van der Waals surface area (Å²) in [6.07, 6.45) is -2.10. The van der Waals surface area contributed by atoms with E-state index in [0.717, 1.165) is 6.29 Å². The first kappa shape index (κ1) is 20.3. The molecule has 0 saturated heterocycles. The van der Waals surface area contributed by atoms with Crippen LogP contribution in [0.1, 0.15) is 36.5 Å². The zero-order valence-corrected chi connectivity index (χ0v) is 15.9. The van der Waals surface area contributed by atoms with Crippen molar-refractivity contribution in [3.8, 4) is 22.8 Å². The minimum Gasteiger partial charge on any atom is -0.433 e. The van der Waals surface area contributed by atoms with E-state index >= 15 is 0 Å². The van der Waals surface area contributed by atoms with E-state index < -0.39 is 6.11 Å². The zero-order valence-electron chi connectivity index (χ0n) is 15.9. The Bertz CT molecular complexity index is 1010. The Kier molecular flexibility index (Phi) is 5.81. The highest BCUT2D eigenvalue weighted by Gasteiger charge is 2.23. The van der Waals surface area contributed by atoms with Crippen LogP contribution in [0, 0.1) is 0 Å². The van der Waals surface area contributed by atoms with Crippen molar-refractivity contribution in [2.75, 3.05) is 0 Å². The van der Waals surface area contributed by atoms with Gasteiger partial charge < -0.3 is 4.74 Å². The Hall–Kier alpha value is -3.42. The van der Waals surface area contributed by atoms with Gasteiger partial charge in [-0.1, -0.05) is 31.2 Å². The first-order chi connectivity index (χ1) is 13.8. The number of aromatic nitrogens is 3. The Balaban J connectivity index is 1.98. The number of halogens is 2. The molecular weight excluding hydrogens is 380 g/mol. The van der Waals surface area contributed by atoms with E-state index in [-0.39, 0.29) is 18.0 Å². The smallest absolute Gasteiger partial charge is 0.394 e. The standard InChI is InChI=1S/C21H19F2N3O3/c1-3-17(28)12-19-24-20(15-6-4-14(13-27)5-7-15)25-26(19)16-8-10-18(11-9-16)29-21(2,22)23/h4-11,13H,3,12H2,1-2H3. The number of rotatable bonds is 8. The number of ether oxygens (including phenoxy) is 1. The van der Waals surface area contributed by atoms with Crippen LogP contribution in [0.3, 0.4) is 0 Å². The van der Waals surface area contributed by atoms with Crippen LogP contribution >= 0.6 is 0 Å². The maximum atomic E-state index is 13.0. The normalized spacial score (nSPS) is 11.3. The summed E-state index contributed by atoms with van der Waals surface area (Å²) in [6, 6.07) is 12.7. The number of carbonyl (C=O) groups is 2. The number of Topliss-reactive ketones (excluding diaryl/α,β-unsaturated/α-hetero) is 1. The lowest BCUT2D eigenvalue weighted by Crippen LogP contribution is -2.19. The van der Waals surface area contributed by atoms with Crippen molar-refractivity contribution in [1.29, 1.82) is 0 Å². The van der Waals surface area contributed by atoms with E-state index in [1.54, 1.807) is 43.3 Å². The summed E-state index contributed by atoms with van der Waals surface area (Å²) in [5.74, 6) is 0.826. The second-order valence-corrected chi connectivity index (χ2v) is 6.48. The highest BCUT2D eigenvalue weighted by molar-refractivity contribution is 5.80. The van der Waals surface area contributed by atoms with Gasteiger partial charge in [0.15, 0.2) is 5.82 Å². The predicted octanol–water partition coefficient (Wildman–Crippen LogP) is 4.26. The van der Waals surface area contributed by atoms with Gasteiger partial charge in [0.05, 0.1) is 12.1 Å². The fourth-order valence-electron chi connectivity index (χ4n) is 2.66. The van der Waals surface area contributed by atoms with Crippen LogP contribution in [-0.4, -0.2) is 32.9 Å². The van der Waals surface area contributed by atoms with E-state index in [4.69, 9.17) is 0 Å². The average molecular weight is 399 g/mol. The molecule has 0 radical (unpaired) electrons. The molecule has 1 aromatic heterocycles. The predicted molar refractivity (Wildman–Crippen MR) is 102 cm³/mol. The number of alkyl halides is 2. The molecule has 8 heteroatoms. The van der Waals surface area contributed by atoms with Crippen molar-refractivity contribution < 1.29 is 23.1 Å². The average Bonchev–Trinajstić information content (AvgIpc) is 3.11. The van der Waals surface area contributed by atoms with Gasteiger partial charge in [-0.05, 0) is 24.3 Å². The summed E-state index contributed by atoms with van der Waals surface area (Å²) in [6.45, 7) is 2.42. The van der Waals surface area contributed by atoms with Gasteiger partial charge in [0, 0.05) is 24.5 Å². The molecule has 29 heavy (non-hydrogen) atoms. The summed E-state index contributed by atoms with van der Waals surface area (Å²) >= 11 is 0. The van der Waals surface area contributed by atoms with E-state index in [1.807, 2.05) is 0 Å². The Morgan fingerprint density at radius 1 is 1.14 bits per heavy atom. The van der Waals surface area contributed by atoms with Crippen LogP contribution < -0.4 is 4.74 Å². The SMILES string of the molecule is CCC(=O)Cc1nc(-c2ccc(C=O)cc2)nn1-c1ccc(OC(C)(F)F)cc1. The van der Waals surface area contributed by atoms with Gasteiger partial charge in [-0.15, -0.1) is 5.10 Å². The van der Waals surface area contributed by atoms with Crippen LogP contribution in [0.2, 0.25) is 0 Å². The van der Waals surface area contributed by atoms with Crippen molar-refractivity contribution in [3.05, 3.63) is 59.9 Å². The molecule has 0 bridgehead atoms. The molecule has 0 fully saturated rings. The van der Waals surface area contributed by atoms with Crippen LogP contribution in [-0.2, 0) is 11.2 Å². The molecule has 1 heterocycles. The lowest BCUT2D eigenvalue weighted by Gasteiger charge is -2.13. The van der Waals surface area contributed by atoms with Crippen molar-refractivity contribution in [2.24, 2.45) is 0 Å². The molecule has 150 valence electrons. The third-order valence-electron chi connectivity index (χ3n) is 4.11. The Morgan fingerprint density at radius 3 is 2.34 bits per heavy atom. The van der Waals surface area contributed by atoms with E-state index in [9.17, 15) is 18.4 Å². The van der Waals surface area contributed by atoms with E-state index in [1.165, 1.54) is 16.8 Å². The Labute approximate surface area is 166 Å². The number of aldehydes is 1. The molecule has 0 saturated carbocycles. The molecule has 0 aliphatic rings. The number of nitrogens with zero attached hydrogens (tertiary/aromatic N) is 3. The van der Waals surface area contributed by atoms with Gasteiger partial charge in [0.25, 0.3) is 0 Å². The number of carbonyl (C=O) groups excluding carboxylic acids is 2. The summed E-state index contributed by atoms with van der Waals surface area (Å²) in [7, 11) is 0. The van der Waals surface area contributed by atoms with Gasteiger partial charge in [-0.3, -0.25) is 9.59 Å². The monoisotopic (exact) mass is 399 g/mol. The molecule has 0 atom stereocenters. The maximum absolute atomic E-state index is 13.0. The van der Waals surface area contributed by atoms with Crippen molar-refractivity contribution in [2.45, 2.75) is 32.8 Å². The van der Waals surface area contributed by atoms with Gasteiger partial charge in [0.2, 0.25) is 0 Å². The van der Waals surface area contributed by atoms with Crippen molar-refractivity contribution >= 4 is 12.1 Å². The lowest BCUT2D eigenvalue weighted by atomic mass is 10.1. The molecule has 0 unspecified atom stereocenters. The minimum absolute atomic E-state index is 0.00733. The van der Waals surface area contributed by atoms with Crippen LogP contribution in [0.15, 0.2) is 48.5 Å². The van der Waals surface area contributed by atoms with Gasteiger partial charge in [0.1, 0.15) is 23.6 Å². The molecule has 0 aliphatic carbocycles. The summed E-state index contributed by atoms with van der Waals surface area (Å²) in [5.41, 5.74) is 1.77. The maximum Gasteiger partial charge on any atom is 0.394 e. The molecule has 6 nitrogen and oxygen atoms in total. The lowest BCUT2D eigenvalue weighted by molar-refractivity contribution is -0.158.